The van der Waals surface area contributed by atoms with Crippen molar-refractivity contribution in [3.8, 4) is 23.0 Å². The Hall–Kier alpha value is -3.53. The van der Waals surface area contributed by atoms with Crippen LogP contribution in [0.25, 0.3) is 0 Å². The zero-order valence-corrected chi connectivity index (χ0v) is 36.4. The molecule has 51 heavy (non-hydrogen) atoms. The van der Waals surface area contributed by atoms with Crippen molar-refractivity contribution in [1.29, 1.82) is 0 Å². The molecule has 0 saturated heterocycles. The van der Waals surface area contributed by atoms with Crippen molar-refractivity contribution in [3.63, 3.8) is 0 Å². The molecule has 4 aromatic carbocycles. The molecule has 0 N–H and O–H groups in total. The molecule has 0 unspecified atom stereocenters. The molecule has 0 spiro atoms. The molecule has 0 aromatic heterocycles. The highest BCUT2D eigenvalue weighted by atomic mass is 28.4. The first-order chi connectivity index (χ1) is 23.7. The van der Waals surface area contributed by atoms with E-state index < -0.39 is 18.1 Å². The molecule has 0 bridgehead atoms. The predicted octanol–water partition coefficient (Wildman–Crippen LogP) is 7.30. The highest BCUT2D eigenvalue weighted by Gasteiger charge is 2.42. The van der Waals surface area contributed by atoms with Gasteiger partial charge in [0.2, 0.25) is 18.1 Å². The summed E-state index contributed by atoms with van der Waals surface area (Å²) in [5.74, 6) is 3.35. The van der Waals surface area contributed by atoms with Crippen LogP contribution in [-0.2, 0) is 25.8 Å². The van der Waals surface area contributed by atoms with Gasteiger partial charge in [-0.2, -0.15) is 0 Å². The van der Waals surface area contributed by atoms with Crippen molar-refractivity contribution in [2.75, 3.05) is 28.4 Å². The van der Waals surface area contributed by atoms with Crippen molar-refractivity contribution >= 4 is 38.8 Å². The summed E-state index contributed by atoms with van der Waals surface area (Å²) in [5, 5.41) is 4.55. The maximum Gasteiger partial charge on any atom is 0.236 e. The van der Waals surface area contributed by atoms with Gasteiger partial charge in [-0.15, -0.1) is 0 Å². The van der Waals surface area contributed by atoms with Crippen LogP contribution in [0.2, 0.25) is 0 Å². The Morgan fingerprint density at radius 1 is 0.333 bits per heavy atom. The third-order valence-electron chi connectivity index (χ3n) is 9.70. The highest BCUT2D eigenvalue weighted by Crippen LogP contribution is 2.33. The van der Waals surface area contributed by atoms with Crippen molar-refractivity contribution in [3.05, 3.63) is 95.1 Å². The summed E-state index contributed by atoms with van der Waals surface area (Å²) in [7, 11) is 1.58. The molecule has 0 radical (unpaired) electrons. The summed E-state index contributed by atoms with van der Waals surface area (Å²) in [6.07, 6.45) is 0. The Morgan fingerprint density at radius 3 is 0.686 bits per heavy atom. The van der Waals surface area contributed by atoms with E-state index in [4.69, 9.17) is 23.1 Å². The van der Waals surface area contributed by atoms with Gasteiger partial charge in [0.05, 0.1) is 28.4 Å². The number of rotatable bonds is 10. The normalized spacial score (nSPS) is 12.7. The number of ether oxygens (including phenoxy) is 4. The van der Waals surface area contributed by atoms with Gasteiger partial charge in [0, 0.05) is 20.7 Å². The molecular weight excluding hydrogens is 665 g/mol. The van der Waals surface area contributed by atoms with E-state index in [1.807, 2.05) is 0 Å². The van der Waals surface area contributed by atoms with Crippen molar-refractivity contribution < 1.29 is 23.1 Å². The number of benzene rings is 4. The summed E-state index contributed by atoms with van der Waals surface area (Å²) in [4.78, 5) is 0. The van der Waals surface area contributed by atoms with Crippen LogP contribution in [0, 0.1) is 0 Å². The molecule has 0 amide bonds. The minimum atomic E-state index is -2.75. The van der Waals surface area contributed by atoms with Crippen LogP contribution in [-0.4, -0.2) is 46.5 Å². The molecule has 4 aromatic rings. The first-order valence-corrected chi connectivity index (χ1v) is 21.3. The molecular formula is C44H62O5Si2. The van der Waals surface area contributed by atoms with E-state index in [1.54, 1.807) is 28.4 Å². The van der Waals surface area contributed by atoms with Gasteiger partial charge in [-0.05, 0) is 68.2 Å². The van der Waals surface area contributed by atoms with E-state index >= 15 is 0 Å². The Labute approximate surface area is 312 Å². The lowest BCUT2D eigenvalue weighted by molar-refractivity contribution is 0.411. The quantitative estimate of drug-likeness (QED) is 0.161. The number of hydrogen-bond donors (Lipinski definition) is 0. The van der Waals surface area contributed by atoms with Crippen LogP contribution in [0.1, 0.15) is 105 Å². The van der Waals surface area contributed by atoms with E-state index in [0.29, 0.717) is 0 Å². The van der Waals surface area contributed by atoms with Gasteiger partial charge in [0.25, 0.3) is 0 Å². The SMILES string of the molecule is COc1cccc(C(C)(C)C)c1[SiH](O[SiH](c1c(OC)cccc1C(C)(C)C)c1c(OC)cccc1C(C)(C)C)c1c(OC)cccc1C(C)(C)C. The first kappa shape index (κ1) is 40.2. The number of methoxy groups -OCH3 is 4. The minimum Gasteiger partial charge on any atom is -0.497 e. The van der Waals surface area contributed by atoms with E-state index in [2.05, 4.69) is 156 Å². The summed E-state index contributed by atoms with van der Waals surface area (Å²) < 4.78 is 33.5. The van der Waals surface area contributed by atoms with Crippen LogP contribution < -0.4 is 39.7 Å². The second-order valence-corrected chi connectivity index (χ2v) is 22.5. The zero-order valence-electron chi connectivity index (χ0n) is 34.1. The standard InChI is InChI=1S/C44H62O5Si2/c1-41(2,3)29-21-17-25-33(45-13)37(29)50(38-30(42(4,5)6)22-18-26-34(38)46-14)49-51(39-31(43(7,8)9)23-19-27-35(39)47-15)40-32(44(10,11)12)24-20-28-36(40)48-16/h17-28,50-51H,1-16H3. The molecule has 0 saturated carbocycles. The monoisotopic (exact) mass is 726 g/mol. The maximum absolute atomic E-state index is 8.27. The molecule has 0 aliphatic carbocycles. The second kappa shape index (κ2) is 15.2. The van der Waals surface area contributed by atoms with E-state index in [-0.39, 0.29) is 21.7 Å². The maximum atomic E-state index is 8.27. The third-order valence-corrected chi connectivity index (χ3v) is 16.4. The van der Waals surface area contributed by atoms with E-state index in [0.717, 1.165) is 43.7 Å². The minimum absolute atomic E-state index is 0.193. The molecule has 0 aliphatic heterocycles. The Balaban J connectivity index is 2.33. The lowest BCUT2D eigenvalue weighted by Crippen LogP contribution is -2.61. The molecule has 276 valence electrons. The molecule has 0 heterocycles. The molecule has 5 nitrogen and oxygen atoms in total. The fourth-order valence-corrected chi connectivity index (χ4v) is 16.3. The lowest BCUT2D eigenvalue weighted by atomic mass is 9.86. The van der Waals surface area contributed by atoms with Crippen LogP contribution in [0.4, 0.5) is 0 Å². The smallest absolute Gasteiger partial charge is 0.236 e. The number of hydrogen-bond acceptors (Lipinski definition) is 5. The molecule has 0 aliphatic rings. The van der Waals surface area contributed by atoms with Crippen LogP contribution in [0.5, 0.6) is 23.0 Å². The molecule has 4 rings (SSSR count). The van der Waals surface area contributed by atoms with Gasteiger partial charge >= 0.3 is 0 Å². The Bertz CT molecular complexity index is 1560. The lowest BCUT2D eigenvalue weighted by Gasteiger charge is -2.37. The second-order valence-electron chi connectivity index (χ2n) is 17.6. The van der Waals surface area contributed by atoms with Crippen LogP contribution >= 0.6 is 0 Å². The van der Waals surface area contributed by atoms with Gasteiger partial charge in [-0.1, -0.05) is 132 Å². The summed E-state index contributed by atoms with van der Waals surface area (Å²) in [6.45, 7) is 27.3. The van der Waals surface area contributed by atoms with E-state index in [1.165, 1.54) is 22.3 Å². The Kier molecular flexibility index (Phi) is 12.0. The van der Waals surface area contributed by atoms with E-state index in [9.17, 15) is 0 Å². The first-order valence-electron chi connectivity index (χ1n) is 18.1. The predicted molar refractivity (Wildman–Crippen MR) is 221 cm³/mol. The van der Waals surface area contributed by atoms with Gasteiger partial charge < -0.3 is 23.1 Å². The van der Waals surface area contributed by atoms with Gasteiger partial charge in [0.1, 0.15) is 23.0 Å². The summed E-state index contributed by atoms with van der Waals surface area (Å²) >= 11 is 0. The van der Waals surface area contributed by atoms with Crippen molar-refractivity contribution in [1.82, 2.24) is 0 Å². The fraction of sp³-hybridized carbons (Fsp3) is 0.455. The van der Waals surface area contributed by atoms with Gasteiger partial charge in [-0.25, -0.2) is 0 Å². The highest BCUT2D eigenvalue weighted by molar-refractivity contribution is 6.93. The van der Waals surface area contributed by atoms with Crippen LogP contribution in [0.3, 0.4) is 0 Å². The molecule has 0 fully saturated rings. The van der Waals surface area contributed by atoms with Crippen molar-refractivity contribution in [2.24, 2.45) is 0 Å². The van der Waals surface area contributed by atoms with Crippen molar-refractivity contribution in [2.45, 2.75) is 105 Å². The third kappa shape index (κ3) is 8.42. The summed E-state index contributed by atoms with van der Waals surface area (Å²) in [5.41, 5.74) is 4.08. The van der Waals surface area contributed by atoms with Gasteiger partial charge in [-0.3, -0.25) is 0 Å². The summed E-state index contributed by atoms with van der Waals surface area (Å²) in [6, 6.07) is 25.8. The topological polar surface area (TPSA) is 46.2 Å². The average molecular weight is 727 g/mol. The average Bonchev–Trinajstić information content (AvgIpc) is 3.06. The molecule has 0 atom stereocenters. The molecule has 7 heteroatoms. The fourth-order valence-electron chi connectivity index (χ4n) is 7.28. The zero-order chi connectivity index (χ0) is 38.1. The van der Waals surface area contributed by atoms with Crippen LogP contribution in [0.15, 0.2) is 72.8 Å². The largest absolute Gasteiger partial charge is 0.497 e. The Morgan fingerprint density at radius 2 is 0.529 bits per heavy atom. The van der Waals surface area contributed by atoms with Gasteiger partial charge in [0.15, 0.2) is 0 Å².